The minimum atomic E-state index is -0.0312. The fourth-order valence-electron chi connectivity index (χ4n) is 2.58. The highest BCUT2D eigenvalue weighted by atomic mass is 79.9. The van der Waals surface area contributed by atoms with Crippen molar-refractivity contribution < 1.29 is 19.0 Å². The Morgan fingerprint density at radius 3 is 2.48 bits per heavy atom. The molecular formula is C15H20BrNO4. The van der Waals surface area contributed by atoms with Crippen molar-refractivity contribution >= 4 is 21.8 Å². The van der Waals surface area contributed by atoms with Crippen molar-refractivity contribution in [1.29, 1.82) is 0 Å². The number of ether oxygens (including phenoxy) is 3. The van der Waals surface area contributed by atoms with Crippen molar-refractivity contribution in [3.8, 4) is 17.2 Å². The molecule has 1 amide bonds. The van der Waals surface area contributed by atoms with Gasteiger partial charge in [0.05, 0.1) is 26.9 Å². The van der Waals surface area contributed by atoms with E-state index in [4.69, 9.17) is 14.2 Å². The van der Waals surface area contributed by atoms with E-state index in [1.807, 2.05) is 4.90 Å². The number of nitrogens with zero attached hydrogens (tertiary/aromatic N) is 1. The first-order chi connectivity index (χ1) is 10.2. The summed E-state index contributed by atoms with van der Waals surface area (Å²) < 4.78 is 15.9. The summed E-state index contributed by atoms with van der Waals surface area (Å²) >= 11 is 3.48. The minimum absolute atomic E-state index is 0.0312. The average Bonchev–Trinajstić information content (AvgIpc) is 3.01. The predicted octanol–water partition coefficient (Wildman–Crippen LogP) is 2.57. The summed E-state index contributed by atoms with van der Waals surface area (Å²) in [5, 5.41) is 0.917. The second kappa shape index (κ2) is 7.02. The standard InChI is InChI=1S/C15H20BrNO4/c1-19-12-5-4-11(13(20-2)14(12)21-3)15(18)17-7-6-10(8-16)9-17/h4-5,10H,6-9H2,1-3H3. The summed E-state index contributed by atoms with van der Waals surface area (Å²) in [7, 11) is 4.62. The zero-order valence-electron chi connectivity index (χ0n) is 12.5. The lowest BCUT2D eigenvalue weighted by Crippen LogP contribution is -2.29. The van der Waals surface area contributed by atoms with Gasteiger partial charge in [-0.2, -0.15) is 0 Å². The van der Waals surface area contributed by atoms with Crippen LogP contribution >= 0.6 is 15.9 Å². The van der Waals surface area contributed by atoms with Crippen molar-refractivity contribution in [3.05, 3.63) is 17.7 Å². The number of carbonyl (C=O) groups excluding carboxylic acids is 1. The van der Waals surface area contributed by atoms with Gasteiger partial charge in [0.2, 0.25) is 5.75 Å². The van der Waals surface area contributed by atoms with Gasteiger partial charge in [-0.3, -0.25) is 4.79 Å². The Kier molecular flexibility index (Phi) is 5.33. The van der Waals surface area contributed by atoms with E-state index in [9.17, 15) is 4.79 Å². The maximum atomic E-state index is 12.7. The number of hydrogen-bond donors (Lipinski definition) is 0. The van der Waals surface area contributed by atoms with Crippen molar-refractivity contribution in [1.82, 2.24) is 4.90 Å². The first kappa shape index (κ1) is 15.9. The molecule has 1 fully saturated rings. The van der Waals surface area contributed by atoms with Gasteiger partial charge in [0.15, 0.2) is 11.5 Å². The Labute approximate surface area is 133 Å². The number of benzene rings is 1. The molecule has 116 valence electrons. The SMILES string of the molecule is COc1ccc(C(=O)N2CCC(CBr)C2)c(OC)c1OC. The molecule has 0 bridgehead atoms. The van der Waals surface area contributed by atoms with E-state index in [-0.39, 0.29) is 5.91 Å². The van der Waals surface area contributed by atoms with E-state index in [1.54, 1.807) is 19.2 Å². The number of amides is 1. The van der Waals surface area contributed by atoms with Crippen molar-refractivity contribution in [3.63, 3.8) is 0 Å². The van der Waals surface area contributed by atoms with E-state index in [0.717, 1.165) is 24.8 Å². The normalized spacial score (nSPS) is 17.7. The lowest BCUT2D eigenvalue weighted by Gasteiger charge is -2.20. The number of alkyl halides is 1. The molecule has 1 saturated heterocycles. The van der Waals surface area contributed by atoms with Crippen LogP contribution in [0.2, 0.25) is 0 Å². The van der Waals surface area contributed by atoms with Gasteiger partial charge in [0, 0.05) is 18.4 Å². The third-order valence-electron chi connectivity index (χ3n) is 3.73. The van der Waals surface area contributed by atoms with Crippen LogP contribution in [0.3, 0.4) is 0 Å². The van der Waals surface area contributed by atoms with Gasteiger partial charge in [-0.1, -0.05) is 15.9 Å². The van der Waals surface area contributed by atoms with Gasteiger partial charge >= 0.3 is 0 Å². The second-order valence-electron chi connectivity index (χ2n) is 4.94. The summed E-state index contributed by atoms with van der Waals surface area (Å²) in [6, 6.07) is 3.45. The highest BCUT2D eigenvalue weighted by molar-refractivity contribution is 9.09. The number of rotatable bonds is 5. The Bertz CT molecular complexity index is 521. The van der Waals surface area contributed by atoms with Crippen LogP contribution in [0.25, 0.3) is 0 Å². The molecule has 1 atom stereocenters. The Morgan fingerprint density at radius 2 is 1.95 bits per heavy atom. The van der Waals surface area contributed by atoms with Crippen LogP contribution in [-0.2, 0) is 0 Å². The minimum Gasteiger partial charge on any atom is -0.493 e. The zero-order chi connectivity index (χ0) is 15.4. The second-order valence-corrected chi connectivity index (χ2v) is 5.59. The molecule has 0 radical (unpaired) electrons. The molecule has 21 heavy (non-hydrogen) atoms. The van der Waals surface area contributed by atoms with Gasteiger partial charge < -0.3 is 19.1 Å². The van der Waals surface area contributed by atoms with Crippen LogP contribution in [-0.4, -0.2) is 50.6 Å². The third kappa shape index (κ3) is 3.10. The molecule has 0 aromatic heterocycles. The summed E-state index contributed by atoms with van der Waals surface area (Å²) in [6.07, 6.45) is 1.02. The maximum Gasteiger partial charge on any atom is 0.257 e. The van der Waals surface area contributed by atoms with Gasteiger partial charge in [0.1, 0.15) is 0 Å². The zero-order valence-corrected chi connectivity index (χ0v) is 14.1. The molecule has 0 saturated carbocycles. The maximum absolute atomic E-state index is 12.7. The fourth-order valence-corrected chi connectivity index (χ4v) is 3.11. The van der Waals surface area contributed by atoms with Gasteiger partial charge in [-0.15, -0.1) is 0 Å². The Hall–Kier alpha value is -1.43. The van der Waals surface area contributed by atoms with Gasteiger partial charge in [0.25, 0.3) is 5.91 Å². The smallest absolute Gasteiger partial charge is 0.257 e. The highest BCUT2D eigenvalue weighted by Gasteiger charge is 2.29. The van der Waals surface area contributed by atoms with E-state index in [2.05, 4.69) is 15.9 Å². The summed E-state index contributed by atoms with van der Waals surface area (Å²) in [6.45, 7) is 1.54. The summed E-state index contributed by atoms with van der Waals surface area (Å²) in [4.78, 5) is 14.5. The van der Waals surface area contributed by atoms with Crippen LogP contribution in [0.1, 0.15) is 16.8 Å². The molecular weight excluding hydrogens is 338 g/mol. The number of hydrogen-bond acceptors (Lipinski definition) is 4. The molecule has 0 N–H and O–H groups in total. The first-order valence-corrected chi connectivity index (χ1v) is 7.92. The number of methoxy groups -OCH3 is 3. The van der Waals surface area contributed by atoms with Gasteiger partial charge in [-0.25, -0.2) is 0 Å². The molecule has 0 spiro atoms. The number of carbonyl (C=O) groups is 1. The molecule has 1 aliphatic heterocycles. The lowest BCUT2D eigenvalue weighted by molar-refractivity contribution is 0.0784. The molecule has 6 heteroatoms. The number of likely N-dealkylation sites (tertiary alicyclic amines) is 1. The van der Waals surface area contributed by atoms with E-state index in [1.165, 1.54) is 14.2 Å². The Morgan fingerprint density at radius 1 is 1.24 bits per heavy atom. The molecule has 2 rings (SSSR count). The van der Waals surface area contributed by atoms with Crippen LogP contribution in [0.4, 0.5) is 0 Å². The quantitative estimate of drug-likeness (QED) is 0.760. The predicted molar refractivity (Wildman–Crippen MR) is 83.9 cm³/mol. The van der Waals surface area contributed by atoms with E-state index >= 15 is 0 Å². The highest BCUT2D eigenvalue weighted by Crippen LogP contribution is 2.40. The fraction of sp³-hybridized carbons (Fsp3) is 0.533. The summed E-state index contributed by atoms with van der Waals surface area (Å²) in [5.41, 5.74) is 0.505. The molecule has 1 unspecified atom stereocenters. The Balaban J connectivity index is 2.33. The lowest BCUT2D eigenvalue weighted by atomic mass is 10.1. The van der Waals surface area contributed by atoms with Crippen molar-refractivity contribution in [2.24, 2.45) is 5.92 Å². The van der Waals surface area contributed by atoms with Crippen LogP contribution in [0.15, 0.2) is 12.1 Å². The van der Waals surface area contributed by atoms with Crippen LogP contribution in [0.5, 0.6) is 17.2 Å². The van der Waals surface area contributed by atoms with Crippen molar-refractivity contribution in [2.45, 2.75) is 6.42 Å². The number of halogens is 1. The van der Waals surface area contributed by atoms with E-state index < -0.39 is 0 Å². The first-order valence-electron chi connectivity index (χ1n) is 6.80. The molecule has 0 aliphatic carbocycles. The molecule has 1 aliphatic rings. The monoisotopic (exact) mass is 357 g/mol. The molecule has 1 aromatic rings. The van der Waals surface area contributed by atoms with E-state index in [0.29, 0.717) is 28.7 Å². The third-order valence-corrected chi connectivity index (χ3v) is 4.64. The largest absolute Gasteiger partial charge is 0.493 e. The topological polar surface area (TPSA) is 48.0 Å². The van der Waals surface area contributed by atoms with Crippen LogP contribution in [0, 0.1) is 5.92 Å². The summed E-state index contributed by atoms with van der Waals surface area (Å²) in [5.74, 6) is 1.90. The molecule has 1 heterocycles. The average molecular weight is 358 g/mol. The molecule has 5 nitrogen and oxygen atoms in total. The van der Waals surface area contributed by atoms with Crippen molar-refractivity contribution in [2.75, 3.05) is 39.7 Å². The van der Waals surface area contributed by atoms with Gasteiger partial charge in [-0.05, 0) is 24.5 Å². The van der Waals surface area contributed by atoms with Crippen LogP contribution < -0.4 is 14.2 Å². The molecule has 1 aromatic carbocycles.